The van der Waals surface area contributed by atoms with Crippen LogP contribution in [-0.2, 0) is 24.3 Å². The van der Waals surface area contributed by atoms with E-state index < -0.39 is 0 Å². The standard InChI is InChI=1S/C22H27FN4O/c1-3-24-22(25-13-17-9-8-16(2)20(23)12-17)26-14-21(28)27-11-10-18-6-4-5-7-19(18)15-27/h4-9,12H,3,10-11,13-15H2,1-2H3,(H2,24,25,26). The summed E-state index contributed by atoms with van der Waals surface area (Å²) in [7, 11) is 0. The second-order valence-corrected chi connectivity index (χ2v) is 6.97. The molecular weight excluding hydrogens is 355 g/mol. The molecule has 2 N–H and O–H groups in total. The topological polar surface area (TPSA) is 56.7 Å². The van der Waals surface area contributed by atoms with Crippen LogP contribution in [0.25, 0.3) is 0 Å². The van der Waals surface area contributed by atoms with Crippen molar-refractivity contribution in [2.24, 2.45) is 4.99 Å². The Morgan fingerprint density at radius 2 is 1.96 bits per heavy atom. The SMILES string of the molecule is CCNC(=NCc1ccc(C)c(F)c1)NCC(=O)N1CCc2ccccc2C1. The molecule has 0 radical (unpaired) electrons. The molecule has 0 aromatic heterocycles. The van der Waals surface area contributed by atoms with Gasteiger partial charge in [0.25, 0.3) is 0 Å². The molecule has 1 amide bonds. The number of hydrogen-bond acceptors (Lipinski definition) is 2. The smallest absolute Gasteiger partial charge is 0.242 e. The number of nitrogens with one attached hydrogen (secondary N) is 2. The normalized spacial score (nSPS) is 13.8. The molecule has 2 aromatic rings. The van der Waals surface area contributed by atoms with E-state index >= 15 is 0 Å². The van der Waals surface area contributed by atoms with Crippen molar-refractivity contribution in [3.8, 4) is 0 Å². The number of amides is 1. The van der Waals surface area contributed by atoms with E-state index in [1.165, 1.54) is 17.2 Å². The zero-order valence-electron chi connectivity index (χ0n) is 16.5. The summed E-state index contributed by atoms with van der Waals surface area (Å²) in [5, 5.41) is 6.22. The predicted molar refractivity (Wildman–Crippen MR) is 110 cm³/mol. The van der Waals surface area contributed by atoms with Crippen molar-refractivity contribution >= 4 is 11.9 Å². The Morgan fingerprint density at radius 3 is 2.71 bits per heavy atom. The highest BCUT2D eigenvalue weighted by atomic mass is 19.1. The fraction of sp³-hybridized carbons (Fsp3) is 0.364. The van der Waals surface area contributed by atoms with Crippen LogP contribution in [0.4, 0.5) is 4.39 Å². The number of guanidine groups is 1. The molecule has 3 rings (SSSR count). The van der Waals surface area contributed by atoms with Crippen LogP contribution >= 0.6 is 0 Å². The summed E-state index contributed by atoms with van der Waals surface area (Å²) in [5.74, 6) is 0.363. The molecule has 28 heavy (non-hydrogen) atoms. The van der Waals surface area contributed by atoms with E-state index in [1.807, 2.05) is 30.0 Å². The van der Waals surface area contributed by atoms with Gasteiger partial charge in [0.05, 0.1) is 13.1 Å². The lowest BCUT2D eigenvalue weighted by Crippen LogP contribution is -2.45. The summed E-state index contributed by atoms with van der Waals surface area (Å²) in [6.45, 7) is 6.28. The van der Waals surface area contributed by atoms with Crippen molar-refractivity contribution in [2.45, 2.75) is 33.4 Å². The highest BCUT2D eigenvalue weighted by Crippen LogP contribution is 2.18. The first-order chi connectivity index (χ1) is 13.6. The maximum Gasteiger partial charge on any atom is 0.242 e. The minimum Gasteiger partial charge on any atom is -0.357 e. The largest absolute Gasteiger partial charge is 0.357 e. The lowest BCUT2D eigenvalue weighted by Gasteiger charge is -2.29. The number of nitrogens with zero attached hydrogens (tertiary/aromatic N) is 2. The van der Waals surface area contributed by atoms with Crippen LogP contribution in [0, 0.1) is 12.7 Å². The lowest BCUT2D eigenvalue weighted by atomic mass is 10.00. The molecule has 1 aliphatic rings. The molecule has 6 heteroatoms. The number of carbonyl (C=O) groups excluding carboxylic acids is 1. The molecule has 0 fully saturated rings. The molecule has 1 aliphatic heterocycles. The second-order valence-electron chi connectivity index (χ2n) is 6.97. The fourth-order valence-corrected chi connectivity index (χ4v) is 3.23. The number of halogens is 1. The number of rotatable bonds is 5. The van der Waals surface area contributed by atoms with Crippen LogP contribution in [0.3, 0.4) is 0 Å². The van der Waals surface area contributed by atoms with Crippen LogP contribution < -0.4 is 10.6 Å². The molecule has 0 aliphatic carbocycles. The van der Waals surface area contributed by atoms with Gasteiger partial charge in [0.1, 0.15) is 5.82 Å². The Morgan fingerprint density at radius 1 is 1.18 bits per heavy atom. The Kier molecular flexibility index (Phi) is 6.63. The molecule has 0 saturated carbocycles. The number of fused-ring (bicyclic) bond motifs is 1. The third-order valence-corrected chi connectivity index (χ3v) is 4.89. The van der Waals surface area contributed by atoms with Gasteiger partial charge in [0.15, 0.2) is 5.96 Å². The highest BCUT2D eigenvalue weighted by Gasteiger charge is 2.20. The van der Waals surface area contributed by atoms with Gasteiger partial charge in [0.2, 0.25) is 5.91 Å². The summed E-state index contributed by atoms with van der Waals surface area (Å²) >= 11 is 0. The Balaban J connectivity index is 1.57. The number of hydrogen-bond donors (Lipinski definition) is 2. The van der Waals surface area contributed by atoms with Gasteiger partial charge < -0.3 is 15.5 Å². The van der Waals surface area contributed by atoms with Gasteiger partial charge >= 0.3 is 0 Å². The molecule has 0 saturated heterocycles. The maximum atomic E-state index is 13.7. The zero-order valence-corrected chi connectivity index (χ0v) is 16.5. The van der Waals surface area contributed by atoms with Gasteiger partial charge in [0, 0.05) is 19.6 Å². The third-order valence-electron chi connectivity index (χ3n) is 4.89. The van der Waals surface area contributed by atoms with Crippen molar-refractivity contribution in [1.29, 1.82) is 0 Å². The van der Waals surface area contributed by atoms with Crippen LogP contribution in [0.2, 0.25) is 0 Å². The first-order valence-electron chi connectivity index (χ1n) is 9.68. The maximum absolute atomic E-state index is 13.7. The second kappa shape index (κ2) is 9.35. The van der Waals surface area contributed by atoms with Gasteiger partial charge in [-0.3, -0.25) is 4.79 Å². The van der Waals surface area contributed by atoms with Crippen LogP contribution in [0.15, 0.2) is 47.5 Å². The van der Waals surface area contributed by atoms with Gasteiger partial charge in [-0.2, -0.15) is 0 Å². The summed E-state index contributed by atoms with van der Waals surface area (Å²) < 4.78 is 13.7. The molecule has 5 nitrogen and oxygen atoms in total. The molecule has 1 heterocycles. The van der Waals surface area contributed by atoms with E-state index in [1.54, 1.807) is 13.0 Å². The first-order valence-corrected chi connectivity index (χ1v) is 9.68. The van der Waals surface area contributed by atoms with Crippen molar-refractivity contribution < 1.29 is 9.18 Å². The van der Waals surface area contributed by atoms with E-state index in [0.717, 1.165) is 18.5 Å². The molecule has 0 bridgehead atoms. The average molecular weight is 382 g/mol. The highest BCUT2D eigenvalue weighted by molar-refractivity contribution is 5.86. The first kappa shape index (κ1) is 19.9. The van der Waals surface area contributed by atoms with E-state index in [4.69, 9.17) is 0 Å². The number of aryl methyl sites for hydroxylation is 1. The van der Waals surface area contributed by atoms with Crippen molar-refractivity contribution in [3.05, 3.63) is 70.5 Å². The summed E-state index contributed by atoms with van der Waals surface area (Å²) in [6, 6.07) is 13.4. The lowest BCUT2D eigenvalue weighted by molar-refractivity contribution is -0.130. The molecular formula is C22H27FN4O. The third kappa shape index (κ3) is 5.09. The summed E-state index contributed by atoms with van der Waals surface area (Å²) in [6.07, 6.45) is 0.884. The molecule has 148 valence electrons. The minimum absolute atomic E-state index is 0.0430. The molecule has 0 unspecified atom stereocenters. The van der Waals surface area contributed by atoms with Gasteiger partial charge in [-0.1, -0.05) is 36.4 Å². The Hall–Kier alpha value is -2.89. The average Bonchev–Trinajstić information content (AvgIpc) is 2.72. The zero-order chi connectivity index (χ0) is 19.9. The summed E-state index contributed by atoms with van der Waals surface area (Å²) in [5.41, 5.74) is 3.94. The quantitative estimate of drug-likeness (QED) is 0.618. The predicted octanol–water partition coefficient (Wildman–Crippen LogP) is 2.77. The van der Waals surface area contributed by atoms with Crippen LogP contribution in [0.1, 0.15) is 29.2 Å². The van der Waals surface area contributed by atoms with Crippen molar-refractivity contribution in [3.63, 3.8) is 0 Å². The minimum atomic E-state index is -0.230. The van der Waals surface area contributed by atoms with Crippen LogP contribution in [-0.4, -0.2) is 36.4 Å². The summed E-state index contributed by atoms with van der Waals surface area (Å²) in [4.78, 5) is 18.9. The van der Waals surface area contributed by atoms with E-state index in [0.29, 0.717) is 31.2 Å². The van der Waals surface area contributed by atoms with E-state index in [2.05, 4.69) is 27.8 Å². The van der Waals surface area contributed by atoms with Crippen molar-refractivity contribution in [1.82, 2.24) is 15.5 Å². The monoisotopic (exact) mass is 382 g/mol. The molecule has 2 aromatic carbocycles. The number of aliphatic imine (C=N–C) groups is 1. The number of benzene rings is 2. The Bertz CT molecular complexity index is 865. The number of carbonyl (C=O) groups is 1. The van der Waals surface area contributed by atoms with Gasteiger partial charge in [-0.15, -0.1) is 0 Å². The van der Waals surface area contributed by atoms with E-state index in [-0.39, 0.29) is 18.3 Å². The Labute approximate surface area is 165 Å². The molecule has 0 spiro atoms. The van der Waals surface area contributed by atoms with Crippen LogP contribution in [0.5, 0.6) is 0 Å². The van der Waals surface area contributed by atoms with Gasteiger partial charge in [-0.25, -0.2) is 9.38 Å². The van der Waals surface area contributed by atoms with Crippen molar-refractivity contribution in [2.75, 3.05) is 19.6 Å². The molecule has 0 atom stereocenters. The van der Waals surface area contributed by atoms with E-state index in [9.17, 15) is 9.18 Å². The van der Waals surface area contributed by atoms with Gasteiger partial charge in [-0.05, 0) is 48.6 Å². The fourth-order valence-electron chi connectivity index (χ4n) is 3.23.